The lowest BCUT2D eigenvalue weighted by Crippen LogP contribution is -2.09. The number of benzene rings is 1. The molecule has 0 spiro atoms. The van der Waals surface area contributed by atoms with E-state index in [1.165, 1.54) is 146 Å². The van der Waals surface area contributed by atoms with Gasteiger partial charge < -0.3 is 4.74 Å². The zero-order valence-electron chi connectivity index (χ0n) is 24.0. The lowest BCUT2D eigenvalue weighted by molar-refractivity contribution is -0.142. The van der Waals surface area contributed by atoms with Crippen LogP contribution in [-0.2, 0) is 35.4 Å². The van der Waals surface area contributed by atoms with Crippen LogP contribution < -0.4 is 0 Å². The molecular formula is C33H58O2. The summed E-state index contributed by atoms with van der Waals surface area (Å²) in [6.07, 6.45) is 27.6. The maximum Gasteiger partial charge on any atom is 0.302 e. The van der Waals surface area contributed by atoms with Crippen LogP contribution in [0.1, 0.15) is 166 Å². The van der Waals surface area contributed by atoms with Gasteiger partial charge in [0.05, 0.1) is 0 Å². The first-order valence-electron chi connectivity index (χ1n) is 15.4. The van der Waals surface area contributed by atoms with Crippen LogP contribution in [-0.4, -0.2) is 5.97 Å². The number of esters is 1. The highest BCUT2D eigenvalue weighted by Crippen LogP contribution is 2.27. The first-order chi connectivity index (χ1) is 17.1. The summed E-state index contributed by atoms with van der Waals surface area (Å²) in [6.45, 7) is 8.82. The molecule has 0 radical (unpaired) electrons. The van der Waals surface area contributed by atoms with E-state index in [4.69, 9.17) is 4.74 Å². The highest BCUT2D eigenvalue weighted by atomic mass is 16.5. The summed E-state index contributed by atoms with van der Waals surface area (Å²) < 4.78 is 5.49. The number of aryl methyl sites for hydroxylation is 1. The molecule has 0 atom stereocenters. The Morgan fingerprint density at radius 2 is 0.914 bits per heavy atom. The fraction of sp³-hybridized carbons (Fsp3) is 0.788. The van der Waals surface area contributed by atoms with Crippen molar-refractivity contribution in [1.29, 1.82) is 0 Å². The predicted octanol–water partition coefficient (Wildman–Crippen LogP) is 10.5. The van der Waals surface area contributed by atoms with E-state index in [0.29, 0.717) is 6.61 Å². The van der Waals surface area contributed by atoms with E-state index in [1.807, 2.05) is 0 Å². The van der Waals surface area contributed by atoms with Crippen molar-refractivity contribution in [2.24, 2.45) is 0 Å². The van der Waals surface area contributed by atoms with Gasteiger partial charge in [-0.2, -0.15) is 0 Å². The van der Waals surface area contributed by atoms with E-state index in [1.54, 1.807) is 11.1 Å². The second kappa shape index (κ2) is 21.9. The van der Waals surface area contributed by atoms with Gasteiger partial charge in [0.1, 0.15) is 6.61 Å². The molecule has 202 valence electrons. The van der Waals surface area contributed by atoms with Crippen molar-refractivity contribution >= 4 is 5.97 Å². The minimum Gasteiger partial charge on any atom is -0.461 e. The minimum absolute atomic E-state index is 0.177. The molecule has 1 rings (SSSR count). The summed E-state index contributed by atoms with van der Waals surface area (Å²) in [6, 6.07) is 4.63. The van der Waals surface area contributed by atoms with Crippen LogP contribution in [0.2, 0.25) is 0 Å². The van der Waals surface area contributed by atoms with Crippen molar-refractivity contribution in [3.8, 4) is 0 Å². The summed E-state index contributed by atoms with van der Waals surface area (Å²) in [7, 11) is 0. The Bertz CT molecular complexity index is 649. The lowest BCUT2D eigenvalue weighted by Gasteiger charge is -2.20. The molecule has 0 aromatic heterocycles. The van der Waals surface area contributed by atoms with E-state index >= 15 is 0 Å². The van der Waals surface area contributed by atoms with Crippen LogP contribution in [0.25, 0.3) is 0 Å². The van der Waals surface area contributed by atoms with Crippen molar-refractivity contribution in [3.05, 3.63) is 34.4 Å². The monoisotopic (exact) mass is 486 g/mol. The van der Waals surface area contributed by atoms with Gasteiger partial charge in [0, 0.05) is 6.92 Å². The van der Waals surface area contributed by atoms with Gasteiger partial charge in [-0.15, -0.1) is 0 Å². The summed E-state index contributed by atoms with van der Waals surface area (Å²) >= 11 is 0. The molecule has 0 aliphatic carbocycles. The van der Waals surface area contributed by atoms with Crippen molar-refractivity contribution in [3.63, 3.8) is 0 Å². The van der Waals surface area contributed by atoms with E-state index in [-0.39, 0.29) is 5.97 Å². The molecule has 0 N–H and O–H groups in total. The number of carbonyl (C=O) groups excluding carboxylic acids is 1. The molecule has 0 amide bonds. The van der Waals surface area contributed by atoms with E-state index < -0.39 is 0 Å². The standard InChI is InChI=1S/C33H58O2/c1-5-8-11-14-17-20-23-30-26-27-31(28-35-29(4)34)33(25-22-19-16-13-10-7-3)32(30)24-21-18-15-12-9-6-2/h26-27H,5-25,28H2,1-4H3. The first-order valence-corrected chi connectivity index (χ1v) is 15.4. The Morgan fingerprint density at radius 3 is 1.37 bits per heavy atom. The van der Waals surface area contributed by atoms with Gasteiger partial charge in [0.25, 0.3) is 0 Å². The minimum atomic E-state index is -0.177. The van der Waals surface area contributed by atoms with E-state index in [9.17, 15) is 4.79 Å². The summed E-state index contributed by atoms with van der Waals surface area (Å²) in [4.78, 5) is 11.6. The van der Waals surface area contributed by atoms with Crippen LogP contribution in [0.15, 0.2) is 12.1 Å². The fourth-order valence-electron chi connectivity index (χ4n) is 5.22. The molecule has 0 aliphatic heterocycles. The van der Waals surface area contributed by atoms with Crippen molar-refractivity contribution in [2.75, 3.05) is 0 Å². The number of hydrogen-bond donors (Lipinski definition) is 0. The maximum absolute atomic E-state index is 11.6. The average Bonchev–Trinajstić information content (AvgIpc) is 2.85. The molecular weight excluding hydrogens is 428 g/mol. The average molecular weight is 487 g/mol. The topological polar surface area (TPSA) is 26.3 Å². The van der Waals surface area contributed by atoms with Gasteiger partial charge in [0.2, 0.25) is 0 Å². The third-order valence-corrected chi connectivity index (χ3v) is 7.42. The Hall–Kier alpha value is -1.31. The van der Waals surface area contributed by atoms with Gasteiger partial charge in [-0.05, 0) is 60.8 Å². The highest BCUT2D eigenvalue weighted by Gasteiger charge is 2.14. The molecule has 2 nitrogen and oxygen atoms in total. The zero-order chi connectivity index (χ0) is 25.6. The summed E-state index contributed by atoms with van der Waals surface area (Å²) in [5.41, 5.74) is 5.94. The predicted molar refractivity (Wildman–Crippen MR) is 153 cm³/mol. The molecule has 0 heterocycles. The molecule has 2 heteroatoms. The first kappa shape index (κ1) is 31.7. The Labute approximate surface area is 219 Å². The third kappa shape index (κ3) is 15.4. The SMILES string of the molecule is CCCCCCCCc1ccc(COC(C)=O)c(CCCCCCCC)c1CCCCCCCC. The highest BCUT2D eigenvalue weighted by molar-refractivity contribution is 5.66. The van der Waals surface area contributed by atoms with Crippen molar-refractivity contribution in [2.45, 2.75) is 169 Å². The molecule has 1 aromatic carbocycles. The number of unbranched alkanes of at least 4 members (excludes halogenated alkanes) is 15. The molecule has 0 fully saturated rings. The number of hydrogen-bond acceptors (Lipinski definition) is 2. The van der Waals surface area contributed by atoms with Gasteiger partial charge in [0.15, 0.2) is 0 Å². The van der Waals surface area contributed by atoms with Gasteiger partial charge in [-0.3, -0.25) is 4.79 Å². The number of rotatable bonds is 23. The number of ether oxygens (including phenoxy) is 1. The van der Waals surface area contributed by atoms with Gasteiger partial charge in [-0.25, -0.2) is 0 Å². The van der Waals surface area contributed by atoms with Crippen LogP contribution in [0, 0.1) is 0 Å². The van der Waals surface area contributed by atoms with Crippen LogP contribution in [0.5, 0.6) is 0 Å². The van der Waals surface area contributed by atoms with Gasteiger partial charge >= 0.3 is 5.97 Å². The summed E-state index contributed by atoms with van der Waals surface area (Å²) in [5.74, 6) is -0.177. The molecule has 1 aromatic rings. The molecule has 35 heavy (non-hydrogen) atoms. The van der Waals surface area contributed by atoms with E-state index in [2.05, 4.69) is 32.9 Å². The van der Waals surface area contributed by atoms with Crippen molar-refractivity contribution < 1.29 is 9.53 Å². The molecule has 0 saturated heterocycles. The lowest BCUT2D eigenvalue weighted by atomic mass is 9.87. The molecule has 0 aliphatic rings. The van der Waals surface area contributed by atoms with Crippen LogP contribution >= 0.6 is 0 Å². The van der Waals surface area contributed by atoms with Crippen LogP contribution in [0.4, 0.5) is 0 Å². The Kier molecular flexibility index (Phi) is 19.9. The largest absolute Gasteiger partial charge is 0.461 e. The third-order valence-electron chi connectivity index (χ3n) is 7.42. The molecule has 0 bridgehead atoms. The molecule has 0 saturated carbocycles. The van der Waals surface area contributed by atoms with Crippen LogP contribution in [0.3, 0.4) is 0 Å². The second-order valence-corrected chi connectivity index (χ2v) is 10.7. The van der Waals surface area contributed by atoms with E-state index in [0.717, 1.165) is 6.42 Å². The second-order valence-electron chi connectivity index (χ2n) is 10.7. The van der Waals surface area contributed by atoms with Gasteiger partial charge in [-0.1, -0.05) is 129 Å². The van der Waals surface area contributed by atoms with Crippen molar-refractivity contribution in [1.82, 2.24) is 0 Å². The quantitative estimate of drug-likeness (QED) is 0.114. The zero-order valence-corrected chi connectivity index (χ0v) is 24.0. The normalized spacial score (nSPS) is 11.2. The molecule has 0 unspecified atom stereocenters. The fourth-order valence-corrected chi connectivity index (χ4v) is 5.22. The Morgan fingerprint density at radius 1 is 0.543 bits per heavy atom. The summed E-state index contributed by atoms with van der Waals surface area (Å²) in [5, 5.41) is 0. The maximum atomic E-state index is 11.6. The Balaban J connectivity index is 2.93. The smallest absolute Gasteiger partial charge is 0.302 e. The number of carbonyl (C=O) groups is 1.